The molecule has 2 rings (SSSR count). The number of methoxy groups -OCH3 is 1. The lowest BCUT2D eigenvalue weighted by Crippen LogP contribution is -1.99. The van der Waals surface area contributed by atoms with Gasteiger partial charge in [-0.05, 0) is 24.6 Å². The van der Waals surface area contributed by atoms with Gasteiger partial charge in [-0.15, -0.1) is 11.8 Å². The van der Waals surface area contributed by atoms with Crippen molar-refractivity contribution in [1.82, 2.24) is 9.97 Å². The number of thioether (sulfide) groups is 1. The third kappa shape index (κ3) is 4.16. The van der Waals surface area contributed by atoms with E-state index < -0.39 is 0 Å². The Bertz CT molecular complexity index is 610. The minimum Gasteiger partial charge on any atom is -0.378 e. The first-order valence-electron chi connectivity index (χ1n) is 5.95. The van der Waals surface area contributed by atoms with Crippen molar-refractivity contribution < 1.29 is 4.74 Å². The molecule has 0 atom stereocenters. The maximum absolute atomic E-state index is 5.16. The van der Waals surface area contributed by atoms with Crippen LogP contribution in [0.3, 0.4) is 0 Å². The summed E-state index contributed by atoms with van der Waals surface area (Å²) >= 11 is 6.92. The van der Waals surface area contributed by atoms with Crippen molar-refractivity contribution in [3.63, 3.8) is 0 Å². The largest absolute Gasteiger partial charge is 0.378 e. The second-order valence-corrected chi connectivity index (χ2v) is 5.61. The summed E-state index contributed by atoms with van der Waals surface area (Å²) in [6, 6.07) is 10.2. The quantitative estimate of drug-likeness (QED) is 0.670. The summed E-state index contributed by atoms with van der Waals surface area (Å²) < 4.78 is 5.71. The summed E-state index contributed by atoms with van der Waals surface area (Å²) in [4.78, 5) is 8.86. The number of aryl methyl sites for hydroxylation is 1. The summed E-state index contributed by atoms with van der Waals surface area (Å²) in [7, 11) is 1.67. The van der Waals surface area contributed by atoms with Crippen molar-refractivity contribution >= 4 is 24.0 Å². The monoisotopic (exact) mass is 292 g/mol. The van der Waals surface area contributed by atoms with E-state index in [1.807, 2.05) is 18.2 Å². The molecule has 1 N–H and O–H groups in total. The van der Waals surface area contributed by atoms with Crippen LogP contribution in [0.2, 0.25) is 0 Å². The predicted octanol–water partition coefficient (Wildman–Crippen LogP) is 3.89. The van der Waals surface area contributed by atoms with Crippen LogP contribution in [0.1, 0.15) is 17.1 Å². The van der Waals surface area contributed by atoms with E-state index >= 15 is 0 Å². The number of hydrogen-bond donors (Lipinski definition) is 1. The van der Waals surface area contributed by atoms with Crippen LogP contribution < -0.4 is 0 Å². The zero-order valence-corrected chi connectivity index (χ0v) is 12.6. The van der Waals surface area contributed by atoms with Crippen molar-refractivity contribution in [3.05, 3.63) is 52.1 Å². The molecule has 0 radical (unpaired) electrons. The number of nitrogens with zero attached hydrogens (tertiary/aromatic N) is 1. The highest BCUT2D eigenvalue weighted by molar-refractivity contribution is 7.98. The third-order valence-electron chi connectivity index (χ3n) is 2.61. The van der Waals surface area contributed by atoms with E-state index in [1.165, 1.54) is 10.5 Å². The molecule has 0 saturated heterocycles. The van der Waals surface area contributed by atoms with Crippen LogP contribution in [0.25, 0.3) is 0 Å². The summed E-state index contributed by atoms with van der Waals surface area (Å²) in [6.07, 6.45) is 0. The van der Waals surface area contributed by atoms with Gasteiger partial charge in [0.05, 0.1) is 12.4 Å². The molecular formula is C14H16N2OS2. The topological polar surface area (TPSA) is 37.9 Å². The summed E-state index contributed by atoms with van der Waals surface area (Å²) in [5.41, 5.74) is 2.24. The minimum absolute atomic E-state index is 0.522. The molecular weight excluding hydrogens is 276 g/mol. The number of aromatic nitrogens is 2. The zero-order chi connectivity index (χ0) is 13.7. The Hall–Kier alpha value is -1.17. The molecule has 0 amide bonds. The van der Waals surface area contributed by atoms with Crippen LogP contribution in [-0.4, -0.2) is 17.1 Å². The molecule has 0 spiro atoms. The molecule has 1 aromatic heterocycles. The smallest absolute Gasteiger partial charge is 0.130 e. The van der Waals surface area contributed by atoms with Gasteiger partial charge in [0, 0.05) is 17.7 Å². The van der Waals surface area contributed by atoms with E-state index in [0.29, 0.717) is 11.2 Å². The number of nitrogens with one attached hydrogen (secondary N) is 1. The van der Waals surface area contributed by atoms with E-state index in [2.05, 4.69) is 29.0 Å². The van der Waals surface area contributed by atoms with Crippen molar-refractivity contribution in [3.8, 4) is 0 Å². The fourth-order valence-electron chi connectivity index (χ4n) is 1.73. The molecule has 0 aliphatic rings. The SMILES string of the molecule is COCc1cc(=S)nc(CSc2ccccc2C)[nH]1. The average molecular weight is 292 g/mol. The Morgan fingerprint density at radius 2 is 2.16 bits per heavy atom. The number of ether oxygens (including phenoxy) is 1. The molecule has 0 aliphatic heterocycles. The fraction of sp³-hybridized carbons (Fsp3) is 0.286. The van der Waals surface area contributed by atoms with Gasteiger partial charge < -0.3 is 9.72 Å². The number of benzene rings is 1. The number of rotatable bonds is 5. The molecule has 1 heterocycles. The maximum Gasteiger partial charge on any atom is 0.130 e. The minimum atomic E-state index is 0.522. The standard InChI is InChI=1S/C14H16N2OS2/c1-10-5-3-4-6-12(10)19-9-13-15-11(8-17-2)7-14(18)16-13/h3-7H,8-9H2,1-2H3,(H,15,16,18). The second-order valence-electron chi connectivity index (χ2n) is 4.18. The molecule has 5 heteroatoms. The summed E-state index contributed by atoms with van der Waals surface area (Å²) in [6.45, 7) is 2.63. The first kappa shape index (κ1) is 14.2. The molecule has 19 heavy (non-hydrogen) atoms. The molecule has 0 unspecified atom stereocenters. The van der Waals surface area contributed by atoms with Gasteiger partial charge in [-0.1, -0.05) is 30.4 Å². The van der Waals surface area contributed by atoms with Crippen molar-refractivity contribution in [1.29, 1.82) is 0 Å². The molecule has 0 saturated carbocycles. The van der Waals surface area contributed by atoms with Gasteiger partial charge in [-0.2, -0.15) is 0 Å². The molecule has 2 aromatic rings. The van der Waals surface area contributed by atoms with Gasteiger partial charge in [-0.3, -0.25) is 0 Å². The van der Waals surface area contributed by atoms with Gasteiger partial charge in [-0.25, -0.2) is 4.98 Å². The van der Waals surface area contributed by atoms with E-state index in [-0.39, 0.29) is 0 Å². The Morgan fingerprint density at radius 1 is 1.37 bits per heavy atom. The van der Waals surface area contributed by atoms with Gasteiger partial charge in [0.25, 0.3) is 0 Å². The summed E-state index contributed by atoms with van der Waals surface area (Å²) in [5, 5.41) is 0. The van der Waals surface area contributed by atoms with E-state index in [4.69, 9.17) is 17.0 Å². The number of hydrogen-bond acceptors (Lipinski definition) is 4. The normalized spacial score (nSPS) is 10.6. The molecule has 1 aromatic carbocycles. The summed E-state index contributed by atoms with van der Waals surface area (Å²) in [5.74, 6) is 1.65. The van der Waals surface area contributed by atoms with Gasteiger partial charge in [0.1, 0.15) is 10.5 Å². The van der Waals surface area contributed by atoms with Gasteiger partial charge in [0.2, 0.25) is 0 Å². The molecule has 100 valence electrons. The zero-order valence-electron chi connectivity index (χ0n) is 11.0. The van der Waals surface area contributed by atoms with Crippen LogP contribution >= 0.6 is 24.0 Å². The second kappa shape index (κ2) is 6.84. The highest BCUT2D eigenvalue weighted by Gasteiger charge is 2.02. The maximum atomic E-state index is 5.16. The highest BCUT2D eigenvalue weighted by Crippen LogP contribution is 2.24. The molecule has 3 nitrogen and oxygen atoms in total. The van der Waals surface area contributed by atoms with Crippen molar-refractivity contribution in [2.75, 3.05) is 7.11 Å². The van der Waals surface area contributed by atoms with Crippen molar-refractivity contribution in [2.24, 2.45) is 0 Å². The number of H-pyrrole nitrogens is 1. The first-order valence-corrected chi connectivity index (χ1v) is 7.35. The van der Waals surface area contributed by atoms with Gasteiger partial charge in [0.15, 0.2) is 0 Å². The Balaban J connectivity index is 2.11. The lowest BCUT2D eigenvalue weighted by molar-refractivity contribution is 0.181. The van der Waals surface area contributed by atoms with E-state index in [9.17, 15) is 0 Å². The Labute approximate surface area is 122 Å². The number of aromatic amines is 1. The van der Waals surface area contributed by atoms with Crippen LogP contribution in [0, 0.1) is 11.6 Å². The highest BCUT2D eigenvalue weighted by atomic mass is 32.2. The van der Waals surface area contributed by atoms with Crippen LogP contribution in [0.4, 0.5) is 0 Å². The Kier molecular flexibility index (Phi) is 5.13. The average Bonchev–Trinajstić information content (AvgIpc) is 2.37. The van der Waals surface area contributed by atoms with E-state index in [1.54, 1.807) is 18.9 Å². The van der Waals surface area contributed by atoms with Gasteiger partial charge >= 0.3 is 0 Å². The lowest BCUT2D eigenvalue weighted by Gasteiger charge is -2.07. The van der Waals surface area contributed by atoms with Crippen LogP contribution in [0.15, 0.2) is 35.2 Å². The lowest BCUT2D eigenvalue weighted by atomic mass is 10.2. The molecule has 0 fully saturated rings. The van der Waals surface area contributed by atoms with Crippen molar-refractivity contribution in [2.45, 2.75) is 24.2 Å². The third-order valence-corrected chi connectivity index (χ3v) is 4.00. The predicted molar refractivity (Wildman–Crippen MR) is 80.9 cm³/mol. The molecule has 0 bridgehead atoms. The van der Waals surface area contributed by atoms with E-state index in [0.717, 1.165) is 17.3 Å². The van der Waals surface area contributed by atoms with Crippen LogP contribution in [0.5, 0.6) is 0 Å². The first-order chi connectivity index (χ1) is 9.19. The molecule has 0 aliphatic carbocycles. The fourth-order valence-corrected chi connectivity index (χ4v) is 2.88. The Morgan fingerprint density at radius 3 is 2.89 bits per heavy atom. The van der Waals surface area contributed by atoms with Crippen LogP contribution in [-0.2, 0) is 17.1 Å².